The van der Waals surface area contributed by atoms with E-state index in [4.69, 9.17) is 9.47 Å². The number of benzene rings is 1. The van der Waals surface area contributed by atoms with Crippen molar-refractivity contribution < 1.29 is 9.47 Å². The Balaban J connectivity index is 1.52. The summed E-state index contributed by atoms with van der Waals surface area (Å²) in [6.07, 6.45) is 9.03. The van der Waals surface area contributed by atoms with Gasteiger partial charge in [0.1, 0.15) is 5.75 Å². The third-order valence-corrected chi connectivity index (χ3v) is 8.57. The van der Waals surface area contributed by atoms with Crippen molar-refractivity contribution in [2.75, 3.05) is 41.1 Å². The number of likely N-dealkylation sites (N-methyl/N-ethyl adjacent to an activating group) is 1. The number of rotatable bonds is 8. The summed E-state index contributed by atoms with van der Waals surface area (Å²) in [6, 6.07) is 5.51. The molecule has 0 bridgehead atoms. The second-order valence-corrected chi connectivity index (χ2v) is 10.4. The Kier molecular flexibility index (Phi) is 6.76. The van der Waals surface area contributed by atoms with Crippen LogP contribution in [0.4, 0.5) is 0 Å². The van der Waals surface area contributed by atoms with Gasteiger partial charge >= 0.3 is 0 Å². The van der Waals surface area contributed by atoms with Crippen LogP contribution >= 0.6 is 0 Å². The summed E-state index contributed by atoms with van der Waals surface area (Å²) in [5.41, 5.74) is 4.98. The lowest BCUT2D eigenvalue weighted by Crippen LogP contribution is -2.49. The number of aryl methyl sites for hydroxylation is 2. The van der Waals surface area contributed by atoms with Crippen LogP contribution in [-0.2, 0) is 17.6 Å². The van der Waals surface area contributed by atoms with Crippen LogP contribution in [0.15, 0.2) is 12.1 Å². The first-order valence-corrected chi connectivity index (χ1v) is 12.1. The van der Waals surface area contributed by atoms with Crippen LogP contribution in [0.1, 0.15) is 68.6 Å². The monoisotopic (exact) mass is 414 g/mol. The van der Waals surface area contributed by atoms with Crippen LogP contribution < -0.4 is 10.1 Å². The molecule has 0 aliphatic heterocycles. The Morgan fingerprint density at radius 2 is 2.00 bits per heavy atom. The van der Waals surface area contributed by atoms with Gasteiger partial charge in [0.25, 0.3) is 0 Å². The van der Waals surface area contributed by atoms with Gasteiger partial charge in [-0.15, -0.1) is 0 Å². The van der Waals surface area contributed by atoms with E-state index in [1.165, 1.54) is 49.7 Å². The van der Waals surface area contributed by atoms with E-state index in [2.05, 4.69) is 50.3 Å². The van der Waals surface area contributed by atoms with Gasteiger partial charge in [-0.05, 0) is 105 Å². The lowest BCUT2D eigenvalue weighted by Gasteiger charge is -2.51. The molecule has 4 nitrogen and oxygen atoms in total. The van der Waals surface area contributed by atoms with Crippen molar-refractivity contribution in [1.29, 1.82) is 0 Å². The molecule has 3 aliphatic carbocycles. The third-order valence-electron chi connectivity index (χ3n) is 8.57. The van der Waals surface area contributed by atoms with Gasteiger partial charge in [-0.25, -0.2) is 0 Å². The van der Waals surface area contributed by atoms with E-state index in [-0.39, 0.29) is 0 Å². The van der Waals surface area contributed by atoms with Crippen LogP contribution in [0.25, 0.3) is 0 Å². The second kappa shape index (κ2) is 9.18. The fourth-order valence-corrected chi connectivity index (χ4v) is 6.98. The van der Waals surface area contributed by atoms with Gasteiger partial charge < -0.3 is 19.7 Å². The predicted molar refractivity (Wildman–Crippen MR) is 123 cm³/mol. The zero-order chi connectivity index (χ0) is 21.3. The molecule has 0 heterocycles. The molecule has 1 aromatic rings. The zero-order valence-electron chi connectivity index (χ0n) is 19.8. The highest BCUT2D eigenvalue weighted by Crippen LogP contribution is 2.61. The molecule has 0 radical (unpaired) electrons. The fourth-order valence-electron chi connectivity index (χ4n) is 6.98. The summed E-state index contributed by atoms with van der Waals surface area (Å²) in [4.78, 5) is 2.28. The maximum atomic E-state index is 5.90. The maximum Gasteiger partial charge on any atom is 0.188 e. The van der Waals surface area contributed by atoms with Crippen molar-refractivity contribution in [3.05, 3.63) is 28.8 Å². The first-order chi connectivity index (χ1) is 14.5. The van der Waals surface area contributed by atoms with Crippen LogP contribution in [0.5, 0.6) is 5.75 Å². The van der Waals surface area contributed by atoms with Gasteiger partial charge in [0.05, 0.1) is 0 Å². The molecule has 0 amide bonds. The molecule has 2 fully saturated rings. The van der Waals surface area contributed by atoms with E-state index >= 15 is 0 Å². The molecule has 4 rings (SSSR count). The summed E-state index contributed by atoms with van der Waals surface area (Å²) in [5.74, 6) is 3.50. The molecule has 168 valence electrons. The smallest absolute Gasteiger partial charge is 0.188 e. The average Bonchev–Trinajstić information content (AvgIpc) is 3.07. The van der Waals surface area contributed by atoms with Gasteiger partial charge in [-0.1, -0.05) is 19.9 Å². The summed E-state index contributed by atoms with van der Waals surface area (Å²) in [7, 11) is 6.03. The van der Waals surface area contributed by atoms with Gasteiger partial charge in [0.2, 0.25) is 0 Å². The average molecular weight is 415 g/mol. The molecule has 1 N–H and O–H groups in total. The number of hydrogen-bond acceptors (Lipinski definition) is 4. The molecular formula is C26H42N2O2. The van der Waals surface area contributed by atoms with Gasteiger partial charge in [-0.2, -0.15) is 0 Å². The van der Waals surface area contributed by atoms with Crippen molar-refractivity contribution in [3.63, 3.8) is 0 Å². The summed E-state index contributed by atoms with van der Waals surface area (Å²) in [6.45, 7) is 7.41. The minimum absolute atomic E-state index is 0.334. The molecule has 2 saturated carbocycles. The summed E-state index contributed by atoms with van der Waals surface area (Å²) < 4.78 is 11.1. The molecule has 0 saturated heterocycles. The Bertz CT molecular complexity index is 734. The lowest BCUT2D eigenvalue weighted by atomic mass is 9.55. The lowest BCUT2D eigenvalue weighted by molar-refractivity contribution is 0.0402. The molecule has 0 aromatic heterocycles. The van der Waals surface area contributed by atoms with Crippen LogP contribution in [0.2, 0.25) is 0 Å². The number of fused-ring (bicyclic) bond motifs is 5. The number of methoxy groups -OCH3 is 1. The largest absolute Gasteiger partial charge is 0.467 e. The Morgan fingerprint density at radius 3 is 2.73 bits per heavy atom. The second-order valence-electron chi connectivity index (χ2n) is 10.4. The van der Waals surface area contributed by atoms with E-state index in [0.29, 0.717) is 18.2 Å². The fraction of sp³-hybridized carbons (Fsp3) is 0.769. The van der Waals surface area contributed by atoms with Crippen molar-refractivity contribution in [1.82, 2.24) is 10.2 Å². The molecular weight excluding hydrogens is 372 g/mol. The van der Waals surface area contributed by atoms with Crippen molar-refractivity contribution in [3.8, 4) is 5.75 Å². The highest BCUT2D eigenvalue weighted by atomic mass is 16.7. The van der Waals surface area contributed by atoms with Crippen LogP contribution in [-0.4, -0.2) is 52.0 Å². The normalized spacial score (nSPS) is 32.6. The Morgan fingerprint density at radius 1 is 1.17 bits per heavy atom. The molecule has 30 heavy (non-hydrogen) atoms. The van der Waals surface area contributed by atoms with E-state index in [1.807, 2.05) is 0 Å². The highest BCUT2D eigenvalue weighted by molar-refractivity contribution is 5.46. The minimum atomic E-state index is 0.334. The SMILES string of the molecule is CCc1cc2c(cc1OCOC)CCC1C2CC[C@@]2(C)C1CC[C@@H]2NCCN(C)C. The van der Waals surface area contributed by atoms with E-state index in [9.17, 15) is 0 Å². The van der Waals surface area contributed by atoms with Gasteiger partial charge in [0, 0.05) is 26.2 Å². The van der Waals surface area contributed by atoms with Crippen molar-refractivity contribution in [2.24, 2.45) is 17.3 Å². The third kappa shape index (κ3) is 4.03. The predicted octanol–water partition coefficient (Wildman–Crippen LogP) is 4.61. The van der Waals surface area contributed by atoms with E-state index < -0.39 is 0 Å². The number of nitrogens with zero attached hydrogens (tertiary/aromatic N) is 1. The Labute approximate surface area is 183 Å². The first kappa shape index (κ1) is 22.1. The molecule has 4 heteroatoms. The van der Waals surface area contributed by atoms with Gasteiger partial charge in [-0.3, -0.25) is 0 Å². The maximum absolute atomic E-state index is 5.90. The van der Waals surface area contributed by atoms with Crippen molar-refractivity contribution >= 4 is 0 Å². The topological polar surface area (TPSA) is 33.7 Å². The highest BCUT2D eigenvalue weighted by Gasteiger charge is 2.54. The molecule has 5 atom stereocenters. The van der Waals surface area contributed by atoms with Crippen LogP contribution in [0, 0.1) is 17.3 Å². The number of hydrogen-bond donors (Lipinski definition) is 1. The first-order valence-electron chi connectivity index (χ1n) is 12.1. The number of ether oxygens (including phenoxy) is 2. The Hall–Kier alpha value is -1.10. The zero-order valence-corrected chi connectivity index (χ0v) is 19.8. The minimum Gasteiger partial charge on any atom is -0.467 e. The van der Waals surface area contributed by atoms with E-state index in [0.717, 1.165) is 43.0 Å². The summed E-state index contributed by atoms with van der Waals surface area (Å²) >= 11 is 0. The van der Waals surface area contributed by atoms with Crippen LogP contribution in [0.3, 0.4) is 0 Å². The molecule has 3 aliphatic rings. The quantitative estimate of drug-likeness (QED) is 0.630. The molecule has 0 spiro atoms. The van der Waals surface area contributed by atoms with E-state index in [1.54, 1.807) is 12.7 Å². The van der Waals surface area contributed by atoms with Crippen molar-refractivity contribution in [2.45, 2.75) is 70.8 Å². The number of nitrogens with one attached hydrogen (secondary N) is 1. The van der Waals surface area contributed by atoms with Gasteiger partial charge in [0.15, 0.2) is 6.79 Å². The standard InChI is InChI=1S/C26H42N2O2/c1-6-18-15-22-19(16-24(18)30-17-29-5)7-8-21-20(22)11-12-26(2)23(21)9-10-25(26)27-13-14-28(3)4/h15-16,20-21,23,25,27H,6-14,17H2,1-5H3/t20?,21?,23?,25-,26-/m0/s1. The molecule has 3 unspecified atom stereocenters. The molecule has 1 aromatic carbocycles. The summed E-state index contributed by atoms with van der Waals surface area (Å²) in [5, 5.41) is 3.94.